The molecule has 1 N–H and O–H groups in total. The molecule has 2 aromatic rings. The van der Waals surface area contributed by atoms with Gasteiger partial charge in [0.1, 0.15) is 5.75 Å². The molecule has 4 heteroatoms. The molecule has 0 spiro atoms. The van der Waals surface area contributed by atoms with E-state index >= 15 is 0 Å². The molecule has 0 aliphatic heterocycles. The van der Waals surface area contributed by atoms with Gasteiger partial charge in [-0.15, -0.1) is 0 Å². The second-order valence-electron chi connectivity index (χ2n) is 7.29. The lowest BCUT2D eigenvalue weighted by molar-refractivity contribution is -0.120. The van der Waals surface area contributed by atoms with E-state index in [2.05, 4.69) is 5.32 Å². The molecular weight excluding hydrogens is 336 g/mol. The molecule has 1 saturated carbocycles. The maximum Gasteiger partial charge on any atom is 0.264 e. The van der Waals surface area contributed by atoms with E-state index in [1.807, 2.05) is 54.6 Å². The average molecular weight is 367 g/mol. The number of hydrogen-bond donors (Lipinski definition) is 1. The lowest BCUT2D eigenvalue weighted by atomic mass is 9.87. The van der Waals surface area contributed by atoms with Gasteiger partial charge in [0.2, 0.25) is 0 Å². The Morgan fingerprint density at radius 1 is 1.04 bits per heavy atom. The van der Waals surface area contributed by atoms with E-state index in [1.165, 1.54) is 38.5 Å². The summed E-state index contributed by atoms with van der Waals surface area (Å²) in [6, 6.07) is 17.5. The molecule has 0 saturated heterocycles. The highest BCUT2D eigenvalue weighted by atomic mass is 16.5. The summed E-state index contributed by atoms with van der Waals surface area (Å²) < 4.78 is 5.83. The lowest BCUT2D eigenvalue weighted by Gasteiger charge is -2.22. The highest BCUT2D eigenvalue weighted by Gasteiger charge is 2.14. The van der Waals surface area contributed by atoms with Crippen molar-refractivity contribution in [2.45, 2.75) is 38.5 Å². The Morgan fingerprint density at radius 2 is 1.74 bits per heavy atom. The fraction of sp³-hybridized carbons (Fsp3) is 0.435. The van der Waals surface area contributed by atoms with Crippen molar-refractivity contribution in [1.82, 2.24) is 0 Å². The maximum absolute atomic E-state index is 12.4. The van der Waals surface area contributed by atoms with Gasteiger partial charge >= 0.3 is 0 Å². The Morgan fingerprint density at radius 3 is 2.52 bits per heavy atom. The molecule has 4 nitrogen and oxygen atoms in total. The van der Waals surface area contributed by atoms with Gasteiger partial charge in [0, 0.05) is 19.3 Å². The van der Waals surface area contributed by atoms with Crippen molar-refractivity contribution >= 4 is 17.3 Å². The Labute approximate surface area is 162 Å². The van der Waals surface area contributed by atoms with Crippen molar-refractivity contribution in [3.05, 3.63) is 54.6 Å². The predicted octanol–water partition coefficient (Wildman–Crippen LogP) is 5.11. The number of carbonyl (C=O) groups excluding carboxylic acids is 1. The molecule has 0 radical (unpaired) electrons. The number of rotatable bonds is 8. The highest BCUT2D eigenvalue weighted by Crippen LogP contribution is 2.28. The van der Waals surface area contributed by atoms with Crippen LogP contribution in [-0.2, 0) is 4.79 Å². The highest BCUT2D eigenvalue weighted by molar-refractivity contribution is 5.93. The first-order chi connectivity index (χ1) is 13.2. The van der Waals surface area contributed by atoms with Crippen LogP contribution < -0.4 is 15.0 Å². The number of hydrogen-bond acceptors (Lipinski definition) is 3. The summed E-state index contributed by atoms with van der Waals surface area (Å²) in [6.45, 7) is 0.968. The molecule has 2 aromatic carbocycles. The number of nitrogens with one attached hydrogen (secondary N) is 1. The van der Waals surface area contributed by atoms with Gasteiger partial charge in [-0.05, 0) is 36.6 Å². The van der Waals surface area contributed by atoms with Gasteiger partial charge in [-0.2, -0.15) is 0 Å². The number of carbonyl (C=O) groups is 1. The zero-order valence-electron chi connectivity index (χ0n) is 16.2. The summed E-state index contributed by atoms with van der Waals surface area (Å²) in [4.78, 5) is 14.1. The summed E-state index contributed by atoms with van der Waals surface area (Å²) >= 11 is 0. The van der Waals surface area contributed by atoms with Gasteiger partial charge in [-0.25, -0.2) is 0 Å². The summed E-state index contributed by atoms with van der Waals surface area (Å²) in [6.07, 6.45) is 8.07. The van der Waals surface area contributed by atoms with Crippen LogP contribution in [0.4, 0.5) is 11.4 Å². The molecule has 1 amide bonds. The second-order valence-corrected chi connectivity index (χ2v) is 7.29. The van der Waals surface area contributed by atoms with Crippen LogP contribution in [0, 0.1) is 5.92 Å². The van der Waals surface area contributed by atoms with Gasteiger partial charge in [-0.1, -0.05) is 62.4 Å². The zero-order chi connectivity index (χ0) is 18.9. The molecule has 144 valence electrons. The fourth-order valence-electron chi connectivity index (χ4n) is 3.66. The standard InChI is InChI=1S/C23H30N2O2/c1-25(20-12-6-3-7-13-20)23(26)18-27-22-15-9-8-14-21(22)24-17-16-19-10-4-2-5-11-19/h3,6-9,12-15,19,24H,2,4-5,10-11,16-18H2,1H3. The van der Waals surface area contributed by atoms with Crippen LogP contribution in [0.15, 0.2) is 54.6 Å². The van der Waals surface area contributed by atoms with E-state index in [0.29, 0.717) is 0 Å². The number of ether oxygens (including phenoxy) is 1. The summed E-state index contributed by atoms with van der Waals surface area (Å²) in [7, 11) is 1.77. The molecule has 1 fully saturated rings. The molecule has 27 heavy (non-hydrogen) atoms. The number of benzene rings is 2. The van der Waals surface area contributed by atoms with Crippen molar-refractivity contribution in [2.24, 2.45) is 5.92 Å². The van der Waals surface area contributed by atoms with Gasteiger partial charge in [0.25, 0.3) is 5.91 Å². The minimum Gasteiger partial charge on any atom is -0.482 e. The lowest BCUT2D eigenvalue weighted by Crippen LogP contribution is -2.31. The Hall–Kier alpha value is -2.49. The van der Waals surface area contributed by atoms with Gasteiger partial charge in [0.05, 0.1) is 5.69 Å². The van der Waals surface area contributed by atoms with Crippen molar-refractivity contribution in [2.75, 3.05) is 30.4 Å². The van der Waals surface area contributed by atoms with Gasteiger partial charge < -0.3 is 15.0 Å². The van der Waals surface area contributed by atoms with Crippen molar-refractivity contribution in [1.29, 1.82) is 0 Å². The number of amides is 1. The normalized spacial score (nSPS) is 14.6. The van der Waals surface area contributed by atoms with Gasteiger partial charge in [-0.3, -0.25) is 4.79 Å². The third-order valence-electron chi connectivity index (χ3n) is 5.35. The quantitative estimate of drug-likeness (QED) is 0.706. The van der Waals surface area contributed by atoms with Gasteiger partial charge in [0.15, 0.2) is 6.61 Å². The van der Waals surface area contributed by atoms with Crippen LogP contribution in [0.25, 0.3) is 0 Å². The average Bonchev–Trinajstić information content (AvgIpc) is 2.73. The molecule has 3 rings (SSSR count). The smallest absolute Gasteiger partial charge is 0.264 e. The molecule has 0 unspecified atom stereocenters. The Kier molecular flexibility index (Phi) is 7.14. The van der Waals surface area contributed by atoms with Crippen LogP contribution >= 0.6 is 0 Å². The van der Waals surface area contributed by atoms with Crippen LogP contribution in [-0.4, -0.2) is 26.1 Å². The zero-order valence-corrected chi connectivity index (χ0v) is 16.2. The number of nitrogens with zero attached hydrogens (tertiary/aromatic N) is 1. The first kappa shape index (κ1) is 19.3. The largest absolute Gasteiger partial charge is 0.482 e. The first-order valence-electron chi connectivity index (χ1n) is 10.0. The third kappa shape index (κ3) is 5.75. The number of anilines is 2. The van der Waals surface area contributed by atoms with Crippen LogP contribution in [0.3, 0.4) is 0 Å². The predicted molar refractivity (Wildman–Crippen MR) is 111 cm³/mol. The fourth-order valence-corrected chi connectivity index (χ4v) is 3.66. The Bertz CT molecular complexity index is 711. The minimum atomic E-state index is -0.0711. The monoisotopic (exact) mass is 366 g/mol. The molecule has 0 heterocycles. The van der Waals surface area contributed by atoms with Crippen molar-refractivity contribution in [3.8, 4) is 5.75 Å². The van der Waals surface area contributed by atoms with E-state index in [4.69, 9.17) is 4.74 Å². The van der Waals surface area contributed by atoms with E-state index < -0.39 is 0 Å². The second kappa shape index (κ2) is 10.0. The van der Waals surface area contributed by atoms with E-state index in [0.717, 1.165) is 29.6 Å². The maximum atomic E-state index is 12.4. The summed E-state index contributed by atoms with van der Waals surface area (Å²) in [5.74, 6) is 1.51. The number of para-hydroxylation sites is 3. The van der Waals surface area contributed by atoms with Crippen molar-refractivity contribution < 1.29 is 9.53 Å². The molecule has 0 aromatic heterocycles. The molecule has 1 aliphatic carbocycles. The molecule has 1 aliphatic rings. The SMILES string of the molecule is CN(C(=O)COc1ccccc1NCCC1CCCCC1)c1ccccc1. The molecular formula is C23H30N2O2. The third-order valence-corrected chi connectivity index (χ3v) is 5.35. The number of likely N-dealkylation sites (N-methyl/N-ethyl adjacent to an activating group) is 1. The van der Waals surface area contributed by atoms with Crippen LogP contribution in [0.1, 0.15) is 38.5 Å². The van der Waals surface area contributed by atoms with Crippen LogP contribution in [0.2, 0.25) is 0 Å². The summed E-state index contributed by atoms with van der Waals surface area (Å²) in [5, 5.41) is 3.50. The van der Waals surface area contributed by atoms with E-state index in [9.17, 15) is 4.79 Å². The van der Waals surface area contributed by atoms with Crippen LogP contribution in [0.5, 0.6) is 5.75 Å². The van der Waals surface area contributed by atoms with E-state index in [1.54, 1.807) is 11.9 Å². The molecule has 0 bridgehead atoms. The van der Waals surface area contributed by atoms with Crippen molar-refractivity contribution in [3.63, 3.8) is 0 Å². The minimum absolute atomic E-state index is 0.0205. The summed E-state index contributed by atoms with van der Waals surface area (Å²) in [5.41, 5.74) is 1.83. The Balaban J connectivity index is 1.50. The van der Waals surface area contributed by atoms with E-state index in [-0.39, 0.29) is 12.5 Å². The first-order valence-corrected chi connectivity index (χ1v) is 10.0. The molecule has 0 atom stereocenters. The topological polar surface area (TPSA) is 41.6 Å².